The van der Waals surface area contributed by atoms with Crippen molar-refractivity contribution in [2.24, 2.45) is 0 Å². The quantitative estimate of drug-likeness (QED) is 0.0917. The molecule has 5 rings (SSSR count). The Morgan fingerprint density at radius 1 is 0.915 bits per heavy atom. The Labute approximate surface area is 281 Å². The van der Waals surface area contributed by atoms with Crippen molar-refractivity contribution in [2.75, 3.05) is 20.8 Å². The molecule has 1 unspecified atom stereocenters. The maximum absolute atomic E-state index is 12.9. The van der Waals surface area contributed by atoms with Crippen LogP contribution in [0, 0.1) is 6.92 Å². The van der Waals surface area contributed by atoms with Gasteiger partial charge >= 0.3 is 5.69 Å². The molecule has 0 saturated carbocycles. The minimum Gasteiger partial charge on any atom is -0.497 e. The number of rotatable bonds is 13. The van der Waals surface area contributed by atoms with Crippen molar-refractivity contribution in [3.8, 4) is 11.5 Å². The predicted molar refractivity (Wildman–Crippen MR) is 185 cm³/mol. The Morgan fingerprint density at radius 2 is 1.47 bits per heavy atom. The van der Waals surface area contributed by atoms with Gasteiger partial charge in [-0.05, 0) is 78.8 Å². The van der Waals surface area contributed by atoms with Gasteiger partial charge in [0.1, 0.15) is 29.4 Å². The molecule has 0 aliphatic carbocycles. The third-order valence-electron chi connectivity index (χ3n) is 7.84. The van der Waals surface area contributed by atoms with E-state index < -0.39 is 51.3 Å². The second kappa shape index (κ2) is 14.9. The van der Waals surface area contributed by atoms with Gasteiger partial charge in [0.15, 0.2) is 8.32 Å². The normalized spacial score (nSPS) is 19.0. The van der Waals surface area contributed by atoms with Crippen LogP contribution in [0.1, 0.15) is 34.9 Å². The van der Waals surface area contributed by atoms with Crippen molar-refractivity contribution in [3.05, 3.63) is 128 Å². The second-order valence-electron chi connectivity index (χ2n) is 12.2. The van der Waals surface area contributed by atoms with E-state index in [-0.39, 0.29) is 13.0 Å². The van der Waals surface area contributed by atoms with Crippen LogP contribution in [-0.2, 0) is 23.8 Å². The molecule has 1 N–H and O–H groups in total. The standard InChI is InChI=1S/C34H40ClN2O8PSi/c1-23-21-37(33(39)36-32(23)38)31-20-29(44-46(35)45-47(4,5)6)30(43-31)22-42-34(24-10-8-7-9-11-24,25-12-16-27(40-2)17-13-25)26-14-18-28(41-3)19-15-26/h7-19,21,29-31H,20,22H2,1-6H3,(H,36,38,39)/t29-,30+,31+,46?/m0/s1. The molecule has 3 aromatic carbocycles. The van der Waals surface area contributed by atoms with Gasteiger partial charge in [-0.2, -0.15) is 0 Å². The van der Waals surface area contributed by atoms with E-state index in [9.17, 15) is 9.59 Å². The molecular weight excluding hydrogens is 659 g/mol. The Kier molecular flexibility index (Phi) is 11.1. The lowest BCUT2D eigenvalue weighted by molar-refractivity contribution is -0.0912. The van der Waals surface area contributed by atoms with Crippen LogP contribution >= 0.6 is 19.0 Å². The van der Waals surface area contributed by atoms with E-state index in [1.807, 2.05) is 98.5 Å². The molecule has 1 saturated heterocycles. The first kappa shape index (κ1) is 35.0. The van der Waals surface area contributed by atoms with Crippen LogP contribution in [0.4, 0.5) is 0 Å². The van der Waals surface area contributed by atoms with Gasteiger partial charge in [0, 0.05) is 18.2 Å². The molecule has 2 heterocycles. The number of hydrogen-bond donors (Lipinski definition) is 1. The first-order valence-electron chi connectivity index (χ1n) is 15.2. The monoisotopic (exact) mass is 698 g/mol. The van der Waals surface area contributed by atoms with E-state index in [0.29, 0.717) is 17.1 Å². The van der Waals surface area contributed by atoms with E-state index in [0.717, 1.165) is 16.7 Å². The highest BCUT2D eigenvalue weighted by atomic mass is 35.7. The molecule has 0 bridgehead atoms. The zero-order valence-electron chi connectivity index (χ0n) is 27.3. The van der Waals surface area contributed by atoms with Gasteiger partial charge in [0.2, 0.25) is 0 Å². The topological polar surface area (TPSA) is 110 Å². The number of nitrogens with zero attached hydrogens (tertiary/aromatic N) is 1. The van der Waals surface area contributed by atoms with Crippen molar-refractivity contribution in [1.82, 2.24) is 9.55 Å². The van der Waals surface area contributed by atoms with Crippen molar-refractivity contribution < 1.29 is 27.7 Å². The minimum absolute atomic E-state index is 0.0538. The molecule has 250 valence electrons. The minimum atomic E-state index is -2.03. The lowest BCUT2D eigenvalue weighted by Gasteiger charge is -2.37. The van der Waals surface area contributed by atoms with Crippen LogP contribution in [0.5, 0.6) is 11.5 Å². The largest absolute Gasteiger partial charge is 0.497 e. The Balaban J connectivity index is 1.57. The molecular formula is C34H40ClN2O8PSi. The van der Waals surface area contributed by atoms with E-state index in [4.69, 9.17) is 38.9 Å². The number of aromatic amines is 1. The maximum Gasteiger partial charge on any atom is 0.330 e. The fourth-order valence-corrected chi connectivity index (χ4v) is 10.1. The lowest BCUT2D eigenvalue weighted by atomic mass is 9.80. The summed E-state index contributed by atoms with van der Waals surface area (Å²) < 4.78 is 38.3. The summed E-state index contributed by atoms with van der Waals surface area (Å²) in [5, 5.41) is 0. The number of methoxy groups -OCH3 is 2. The van der Waals surface area contributed by atoms with Crippen molar-refractivity contribution in [1.29, 1.82) is 0 Å². The Hall–Kier alpha value is -3.28. The van der Waals surface area contributed by atoms with Crippen LogP contribution in [-0.4, -0.2) is 50.9 Å². The second-order valence-corrected chi connectivity index (χ2v) is 18.6. The van der Waals surface area contributed by atoms with Crippen LogP contribution < -0.4 is 20.7 Å². The van der Waals surface area contributed by atoms with Crippen LogP contribution in [0.2, 0.25) is 19.6 Å². The molecule has 4 atom stereocenters. The number of benzene rings is 3. The average Bonchev–Trinajstić information content (AvgIpc) is 3.45. The van der Waals surface area contributed by atoms with Gasteiger partial charge in [-0.15, -0.1) is 0 Å². The molecule has 10 nitrogen and oxygen atoms in total. The third-order valence-corrected chi connectivity index (χ3v) is 11.9. The number of ether oxygens (including phenoxy) is 4. The number of hydrogen-bond acceptors (Lipinski definition) is 8. The highest BCUT2D eigenvalue weighted by Gasteiger charge is 2.44. The van der Waals surface area contributed by atoms with E-state index in [1.54, 1.807) is 21.1 Å². The first-order chi connectivity index (χ1) is 22.4. The van der Waals surface area contributed by atoms with Crippen molar-refractivity contribution in [3.63, 3.8) is 0 Å². The van der Waals surface area contributed by atoms with Crippen LogP contribution in [0.25, 0.3) is 0 Å². The maximum atomic E-state index is 12.9. The zero-order valence-corrected chi connectivity index (χ0v) is 29.9. The van der Waals surface area contributed by atoms with Gasteiger partial charge in [0.05, 0.1) is 26.9 Å². The summed E-state index contributed by atoms with van der Waals surface area (Å²) in [5.74, 6) is 1.42. The fourth-order valence-electron chi connectivity index (χ4n) is 5.56. The zero-order chi connectivity index (χ0) is 33.8. The lowest BCUT2D eigenvalue weighted by Crippen LogP contribution is -2.38. The number of nitrogens with one attached hydrogen (secondary N) is 1. The molecule has 1 fully saturated rings. The van der Waals surface area contributed by atoms with Gasteiger partial charge in [-0.3, -0.25) is 14.3 Å². The average molecular weight is 699 g/mol. The summed E-state index contributed by atoms with van der Waals surface area (Å²) >= 11 is 6.64. The number of aryl methyl sites for hydroxylation is 1. The van der Waals surface area contributed by atoms with E-state index >= 15 is 0 Å². The summed E-state index contributed by atoms with van der Waals surface area (Å²) in [6, 6.07) is 25.4. The number of halogens is 1. The van der Waals surface area contributed by atoms with Gasteiger partial charge in [0.25, 0.3) is 13.3 Å². The third kappa shape index (κ3) is 8.06. The summed E-state index contributed by atoms with van der Waals surface area (Å²) in [5.41, 5.74) is 0.860. The summed E-state index contributed by atoms with van der Waals surface area (Å²) in [4.78, 5) is 27.3. The van der Waals surface area contributed by atoms with E-state index in [2.05, 4.69) is 4.98 Å². The number of H-pyrrole nitrogens is 1. The summed E-state index contributed by atoms with van der Waals surface area (Å²) in [6.07, 6.45) is -0.204. The molecule has 47 heavy (non-hydrogen) atoms. The predicted octanol–water partition coefficient (Wildman–Crippen LogP) is 6.86. The first-order valence-corrected chi connectivity index (χ1v) is 20.7. The van der Waals surface area contributed by atoms with Crippen LogP contribution in [0.3, 0.4) is 0 Å². The van der Waals surface area contributed by atoms with Crippen LogP contribution in [0.15, 0.2) is 94.6 Å². The van der Waals surface area contributed by atoms with Crippen molar-refractivity contribution >= 4 is 27.3 Å². The highest BCUT2D eigenvalue weighted by molar-refractivity contribution is 7.77. The fraction of sp³-hybridized carbons (Fsp3) is 0.353. The SMILES string of the molecule is COc1ccc(C(OC[C@H]2O[C@@H](n3cc(C)c(=O)[nH]c3=O)C[C@@H]2OP(Cl)O[Si](C)(C)C)(c2ccccc2)c2ccc(OC)cc2)cc1. The Morgan fingerprint density at radius 3 is 2.00 bits per heavy atom. The molecule has 1 aromatic heterocycles. The molecule has 1 aliphatic rings. The van der Waals surface area contributed by atoms with Gasteiger partial charge in [-0.25, -0.2) is 4.79 Å². The highest BCUT2D eigenvalue weighted by Crippen LogP contribution is 2.51. The Bertz CT molecular complexity index is 1700. The van der Waals surface area contributed by atoms with Crippen molar-refractivity contribution in [2.45, 2.75) is 57.0 Å². The number of aromatic nitrogens is 2. The molecule has 0 amide bonds. The molecule has 13 heteroatoms. The summed E-state index contributed by atoms with van der Waals surface area (Å²) in [6.45, 7) is 7.78. The molecule has 0 radical (unpaired) electrons. The van der Waals surface area contributed by atoms with Gasteiger partial charge < -0.3 is 27.7 Å². The molecule has 4 aromatic rings. The smallest absolute Gasteiger partial charge is 0.330 e. The molecule has 0 spiro atoms. The molecule has 1 aliphatic heterocycles. The van der Waals surface area contributed by atoms with Gasteiger partial charge in [-0.1, -0.05) is 54.6 Å². The van der Waals surface area contributed by atoms with E-state index in [1.165, 1.54) is 10.8 Å². The summed E-state index contributed by atoms with van der Waals surface area (Å²) in [7, 11) is -0.549.